The number of rotatable bonds is 2. The number of nitrogens with two attached hydrogens (primary N) is 2. The molecule has 0 aromatic heterocycles. The topological polar surface area (TPSA) is 193 Å². The minimum absolute atomic E-state index is 0.0595. The molecule has 1 amide bonds. The van der Waals surface area contributed by atoms with Gasteiger partial charge in [-0.25, -0.2) is 0 Å². The van der Waals surface area contributed by atoms with Crippen LogP contribution in [0.5, 0.6) is 11.5 Å². The SMILES string of the molecule is COc1ccc(O)c2c1SC1CC3C(N)C(=O)C(C(N)=O)=C(O)C3(O)C(=O)C1=C2O. The summed E-state index contributed by atoms with van der Waals surface area (Å²) in [6.07, 6.45) is -0.0897. The van der Waals surface area contributed by atoms with E-state index in [-0.39, 0.29) is 23.3 Å². The highest BCUT2D eigenvalue weighted by Crippen LogP contribution is 2.56. The number of fused-ring (bicyclic) bond motifs is 3. The van der Waals surface area contributed by atoms with Crippen LogP contribution in [0, 0.1) is 5.92 Å². The summed E-state index contributed by atoms with van der Waals surface area (Å²) in [5.74, 6) is -6.46. The second-order valence-electron chi connectivity index (χ2n) is 7.28. The molecule has 4 rings (SSSR count). The second kappa shape index (κ2) is 6.49. The van der Waals surface area contributed by atoms with Crippen molar-refractivity contribution in [3.8, 4) is 11.5 Å². The second-order valence-corrected chi connectivity index (χ2v) is 8.49. The average molecular weight is 434 g/mol. The fraction of sp³-hybridized carbons (Fsp3) is 0.316. The Hall–Kier alpha value is -3.02. The summed E-state index contributed by atoms with van der Waals surface area (Å²) >= 11 is 1.09. The van der Waals surface area contributed by atoms with Crippen molar-refractivity contribution in [3.63, 3.8) is 0 Å². The molecule has 0 spiro atoms. The summed E-state index contributed by atoms with van der Waals surface area (Å²) in [5.41, 5.74) is 7.08. The van der Waals surface area contributed by atoms with Crippen LogP contribution in [0.25, 0.3) is 5.76 Å². The van der Waals surface area contributed by atoms with Gasteiger partial charge in [0.15, 0.2) is 11.4 Å². The first-order chi connectivity index (χ1) is 14.0. The van der Waals surface area contributed by atoms with Crippen LogP contribution in [0.3, 0.4) is 0 Å². The van der Waals surface area contributed by atoms with Gasteiger partial charge in [0, 0.05) is 11.2 Å². The Morgan fingerprint density at radius 3 is 2.53 bits per heavy atom. The van der Waals surface area contributed by atoms with Gasteiger partial charge in [0.05, 0.1) is 29.2 Å². The molecule has 10 nitrogen and oxygen atoms in total. The van der Waals surface area contributed by atoms with Crippen molar-refractivity contribution in [2.75, 3.05) is 7.11 Å². The molecular weight excluding hydrogens is 416 g/mol. The molecule has 0 bridgehead atoms. The summed E-state index contributed by atoms with van der Waals surface area (Å²) in [4.78, 5) is 37.8. The van der Waals surface area contributed by atoms with E-state index in [0.29, 0.717) is 10.6 Å². The Bertz CT molecular complexity index is 1090. The monoisotopic (exact) mass is 434 g/mol. The molecule has 0 radical (unpaired) electrons. The van der Waals surface area contributed by atoms with E-state index in [1.807, 2.05) is 0 Å². The summed E-state index contributed by atoms with van der Waals surface area (Å²) in [6, 6.07) is 1.29. The number of amides is 1. The highest BCUT2D eigenvalue weighted by atomic mass is 32.2. The van der Waals surface area contributed by atoms with E-state index in [9.17, 15) is 34.8 Å². The van der Waals surface area contributed by atoms with Gasteiger partial charge in [-0.15, -0.1) is 11.8 Å². The zero-order chi connectivity index (χ0) is 22.1. The molecule has 1 aromatic carbocycles. The molecule has 1 saturated carbocycles. The number of methoxy groups -OCH3 is 1. The van der Waals surface area contributed by atoms with E-state index in [1.165, 1.54) is 19.2 Å². The molecule has 0 saturated heterocycles. The number of Topliss-reactive ketones (excluding diaryl/α,β-unsaturated/α-hetero) is 2. The van der Waals surface area contributed by atoms with Crippen molar-refractivity contribution in [1.29, 1.82) is 0 Å². The molecule has 158 valence electrons. The van der Waals surface area contributed by atoms with Crippen LogP contribution in [-0.4, -0.2) is 61.9 Å². The van der Waals surface area contributed by atoms with Crippen molar-refractivity contribution in [3.05, 3.63) is 34.6 Å². The number of ether oxygens (including phenoxy) is 1. The van der Waals surface area contributed by atoms with Crippen LogP contribution in [0.1, 0.15) is 12.0 Å². The van der Waals surface area contributed by atoms with Gasteiger partial charge in [0.2, 0.25) is 5.78 Å². The number of aromatic hydroxyl groups is 1. The third-order valence-corrected chi connectivity index (χ3v) is 7.17. The molecule has 1 fully saturated rings. The van der Waals surface area contributed by atoms with Crippen molar-refractivity contribution in [2.45, 2.75) is 28.2 Å². The minimum Gasteiger partial charge on any atom is -0.508 e. The molecule has 4 unspecified atom stereocenters. The predicted molar refractivity (Wildman–Crippen MR) is 104 cm³/mol. The molecule has 11 heteroatoms. The number of carbonyl (C=O) groups excluding carboxylic acids is 3. The Kier molecular flexibility index (Phi) is 4.38. The van der Waals surface area contributed by atoms with Crippen molar-refractivity contribution < 1.29 is 39.5 Å². The molecule has 8 N–H and O–H groups in total. The number of hydrogen-bond donors (Lipinski definition) is 6. The first-order valence-corrected chi connectivity index (χ1v) is 9.74. The Balaban J connectivity index is 1.97. The van der Waals surface area contributed by atoms with Crippen molar-refractivity contribution >= 4 is 35.0 Å². The molecule has 1 heterocycles. The number of benzene rings is 1. The van der Waals surface area contributed by atoms with Gasteiger partial charge in [0.25, 0.3) is 5.91 Å². The lowest BCUT2D eigenvalue weighted by Gasteiger charge is -2.47. The molecule has 1 aromatic rings. The normalized spacial score (nSPS) is 30.6. The lowest BCUT2D eigenvalue weighted by Crippen LogP contribution is -2.65. The van der Waals surface area contributed by atoms with Crippen LogP contribution >= 0.6 is 11.8 Å². The average Bonchev–Trinajstić information content (AvgIpc) is 2.68. The van der Waals surface area contributed by atoms with Gasteiger partial charge in [-0.3, -0.25) is 14.4 Å². The number of phenols is 1. The fourth-order valence-corrected chi connectivity index (χ4v) is 5.84. The van der Waals surface area contributed by atoms with E-state index in [2.05, 4.69) is 0 Å². The third-order valence-electron chi connectivity index (χ3n) is 5.82. The van der Waals surface area contributed by atoms with Crippen LogP contribution in [0.15, 0.2) is 33.9 Å². The number of carbonyl (C=O) groups is 3. The first kappa shape index (κ1) is 20.3. The highest BCUT2D eigenvalue weighted by Gasteiger charge is 2.63. The maximum absolute atomic E-state index is 13.3. The van der Waals surface area contributed by atoms with E-state index < -0.39 is 57.4 Å². The van der Waals surface area contributed by atoms with Gasteiger partial charge in [-0.05, 0) is 18.6 Å². The largest absolute Gasteiger partial charge is 0.508 e. The standard InChI is InChI=1S/C19H18N2O8S/c1-29-7-3-2-6(22)9-13(23)10-8(30-15(7)9)4-5-12(20)14(24)11(18(21)27)17(26)19(5,28)16(10)25/h2-3,5,8,12,22-23,26,28H,4,20H2,1H3,(H2,21,27). The Morgan fingerprint density at radius 1 is 1.27 bits per heavy atom. The minimum atomic E-state index is -2.72. The van der Waals surface area contributed by atoms with Crippen LogP contribution < -0.4 is 16.2 Å². The number of aliphatic hydroxyl groups is 3. The van der Waals surface area contributed by atoms with E-state index in [4.69, 9.17) is 16.2 Å². The number of thioether (sulfide) groups is 1. The van der Waals surface area contributed by atoms with E-state index in [0.717, 1.165) is 11.8 Å². The molecule has 1 aliphatic heterocycles. The summed E-state index contributed by atoms with van der Waals surface area (Å²) in [5, 5.41) is 42.0. The highest BCUT2D eigenvalue weighted by molar-refractivity contribution is 8.00. The van der Waals surface area contributed by atoms with Gasteiger partial charge in [-0.1, -0.05) is 0 Å². The Labute approximate surface area is 173 Å². The zero-order valence-electron chi connectivity index (χ0n) is 15.6. The van der Waals surface area contributed by atoms with Crippen LogP contribution in [-0.2, 0) is 14.4 Å². The summed E-state index contributed by atoms with van der Waals surface area (Å²) in [6.45, 7) is 0. The smallest absolute Gasteiger partial charge is 0.255 e. The van der Waals surface area contributed by atoms with Gasteiger partial charge in [0.1, 0.15) is 28.6 Å². The number of primary amides is 1. The molecule has 30 heavy (non-hydrogen) atoms. The predicted octanol–water partition coefficient (Wildman–Crippen LogP) is -0.328. The quantitative estimate of drug-likeness (QED) is 0.336. The number of phenolic OH excluding ortho intramolecular Hbond substituents is 1. The van der Waals surface area contributed by atoms with Crippen LogP contribution in [0.2, 0.25) is 0 Å². The molecule has 4 atom stereocenters. The number of hydrogen-bond acceptors (Lipinski definition) is 10. The molecule has 3 aliphatic rings. The van der Waals surface area contributed by atoms with E-state index >= 15 is 0 Å². The lowest BCUT2D eigenvalue weighted by molar-refractivity contribution is -0.147. The maximum Gasteiger partial charge on any atom is 0.255 e. The number of ketones is 2. The number of aliphatic hydroxyl groups excluding tert-OH is 2. The van der Waals surface area contributed by atoms with Gasteiger partial charge in [-0.2, -0.15) is 0 Å². The summed E-state index contributed by atoms with van der Waals surface area (Å²) in [7, 11) is 1.40. The fourth-order valence-electron chi connectivity index (χ4n) is 4.33. The van der Waals surface area contributed by atoms with Crippen LogP contribution in [0.4, 0.5) is 0 Å². The van der Waals surface area contributed by atoms with Crippen molar-refractivity contribution in [2.24, 2.45) is 17.4 Å². The first-order valence-electron chi connectivity index (χ1n) is 8.86. The van der Waals surface area contributed by atoms with E-state index in [1.54, 1.807) is 0 Å². The Morgan fingerprint density at radius 2 is 1.93 bits per heavy atom. The third kappa shape index (κ3) is 2.36. The summed E-state index contributed by atoms with van der Waals surface area (Å²) < 4.78 is 5.27. The molecule has 2 aliphatic carbocycles. The van der Waals surface area contributed by atoms with Crippen molar-refractivity contribution in [1.82, 2.24) is 0 Å². The van der Waals surface area contributed by atoms with Gasteiger partial charge < -0.3 is 36.6 Å². The van der Waals surface area contributed by atoms with Gasteiger partial charge >= 0.3 is 0 Å². The zero-order valence-corrected chi connectivity index (χ0v) is 16.4. The lowest BCUT2D eigenvalue weighted by atomic mass is 9.62. The maximum atomic E-state index is 13.3. The molecular formula is C19H18N2O8S.